The molecule has 0 fully saturated rings. The van der Waals surface area contributed by atoms with Gasteiger partial charge in [0, 0.05) is 12.1 Å². The van der Waals surface area contributed by atoms with Crippen LogP contribution in [0.5, 0.6) is 0 Å². The number of hydrogen-bond donors (Lipinski definition) is 2. The first-order valence-electron chi connectivity index (χ1n) is 7.78. The van der Waals surface area contributed by atoms with E-state index in [1.165, 1.54) is 19.3 Å². The molecule has 0 saturated heterocycles. The second-order valence-corrected chi connectivity index (χ2v) is 5.37. The van der Waals surface area contributed by atoms with E-state index in [4.69, 9.17) is 5.73 Å². The van der Waals surface area contributed by atoms with Crippen LogP contribution < -0.4 is 11.1 Å². The lowest BCUT2D eigenvalue weighted by Gasteiger charge is -2.15. The molecule has 20 heavy (non-hydrogen) atoms. The van der Waals surface area contributed by atoms with E-state index in [0.717, 1.165) is 30.5 Å². The molecule has 0 heterocycles. The normalized spacial score (nSPS) is 12.2. The van der Waals surface area contributed by atoms with Crippen LogP contribution in [0.25, 0.3) is 0 Å². The monoisotopic (exact) mass is 276 g/mol. The summed E-state index contributed by atoms with van der Waals surface area (Å²) in [5.74, 6) is 0.616. The van der Waals surface area contributed by atoms with Crippen LogP contribution >= 0.6 is 0 Å². The highest BCUT2D eigenvalue weighted by Gasteiger charge is 2.10. The zero-order chi connectivity index (χ0) is 14.8. The van der Waals surface area contributed by atoms with E-state index in [0.29, 0.717) is 12.5 Å². The van der Waals surface area contributed by atoms with E-state index in [2.05, 4.69) is 19.2 Å². The average Bonchev–Trinajstić information content (AvgIpc) is 2.48. The molecule has 112 valence electrons. The maximum absolute atomic E-state index is 12.2. The Balaban J connectivity index is 2.51. The maximum atomic E-state index is 12.2. The molecule has 3 nitrogen and oxygen atoms in total. The Labute approximate surface area is 122 Å². The molecule has 0 saturated carbocycles. The molecule has 1 amide bonds. The summed E-state index contributed by atoms with van der Waals surface area (Å²) < 4.78 is 0. The first kappa shape index (κ1) is 16.7. The number of nitrogens with one attached hydrogen (secondary N) is 1. The van der Waals surface area contributed by atoms with Crippen molar-refractivity contribution in [2.75, 3.05) is 13.1 Å². The zero-order valence-corrected chi connectivity index (χ0v) is 12.8. The molecule has 1 unspecified atom stereocenters. The van der Waals surface area contributed by atoms with Crippen molar-refractivity contribution in [1.29, 1.82) is 0 Å². The van der Waals surface area contributed by atoms with Crippen LogP contribution in [0.1, 0.15) is 55.5 Å². The zero-order valence-electron chi connectivity index (χ0n) is 12.8. The SMILES string of the molecule is CCCCC(CC)CNC(=O)c1cccc(CCN)c1. The van der Waals surface area contributed by atoms with Gasteiger partial charge in [0.2, 0.25) is 0 Å². The lowest BCUT2D eigenvalue weighted by molar-refractivity contribution is 0.0945. The lowest BCUT2D eigenvalue weighted by Crippen LogP contribution is -2.29. The number of benzene rings is 1. The Kier molecular flexibility index (Phi) is 7.97. The summed E-state index contributed by atoms with van der Waals surface area (Å²) in [6.07, 6.45) is 5.58. The molecule has 1 rings (SSSR count). The average molecular weight is 276 g/mol. The van der Waals surface area contributed by atoms with Gasteiger partial charge in [0.05, 0.1) is 0 Å². The van der Waals surface area contributed by atoms with Gasteiger partial charge in [-0.05, 0) is 43.0 Å². The van der Waals surface area contributed by atoms with Crippen molar-refractivity contribution in [2.45, 2.75) is 46.0 Å². The summed E-state index contributed by atoms with van der Waals surface area (Å²) in [7, 11) is 0. The van der Waals surface area contributed by atoms with E-state index < -0.39 is 0 Å². The van der Waals surface area contributed by atoms with Gasteiger partial charge < -0.3 is 11.1 Å². The van der Waals surface area contributed by atoms with E-state index in [1.807, 2.05) is 24.3 Å². The van der Waals surface area contributed by atoms with Crippen LogP contribution in [-0.4, -0.2) is 19.0 Å². The molecule has 1 aromatic rings. The number of nitrogens with two attached hydrogens (primary N) is 1. The lowest BCUT2D eigenvalue weighted by atomic mass is 9.99. The topological polar surface area (TPSA) is 55.1 Å². The largest absolute Gasteiger partial charge is 0.352 e. The molecule has 0 aliphatic heterocycles. The van der Waals surface area contributed by atoms with Gasteiger partial charge >= 0.3 is 0 Å². The fourth-order valence-corrected chi connectivity index (χ4v) is 2.32. The van der Waals surface area contributed by atoms with Crippen LogP contribution in [0.3, 0.4) is 0 Å². The van der Waals surface area contributed by atoms with Gasteiger partial charge in [-0.25, -0.2) is 0 Å². The molecule has 3 heteroatoms. The molecule has 1 atom stereocenters. The third-order valence-electron chi connectivity index (χ3n) is 3.72. The number of hydrogen-bond acceptors (Lipinski definition) is 2. The highest BCUT2D eigenvalue weighted by Crippen LogP contribution is 2.12. The molecule has 0 spiro atoms. The van der Waals surface area contributed by atoms with Crippen LogP contribution in [0.4, 0.5) is 0 Å². The van der Waals surface area contributed by atoms with Gasteiger partial charge in [0.1, 0.15) is 0 Å². The fraction of sp³-hybridized carbons (Fsp3) is 0.588. The van der Waals surface area contributed by atoms with Crippen LogP contribution in [0, 0.1) is 5.92 Å². The quantitative estimate of drug-likeness (QED) is 0.728. The van der Waals surface area contributed by atoms with Crippen molar-refractivity contribution in [3.05, 3.63) is 35.4 Å². The number of rotatable bonds is 9. The van der Waals surface area contributed by atoms with Crippen molar-refractivity contribution in [3.63, 3.8) is 0 Å². The van der Waals surface area contributed by atoms with E-state index >= 15 is 0 Å². The van der Waals surface area contributed by atoms with Gasteiger partial charge in [-0.15, -0.1) is 0 Å². The summed E-state index contributed by atoms with van der Waals surface area (Å²) in [5.41, 5.74) is 7.41. The molecular weight excluding hydrogens is 248 g/mol. The minimum Gasteiger partial charge on any atom is -0.352 e. The second-order valence-electron chi connectivity index (χ2n) is 5.37. The maximum Gasteiger partial charge on any atom is 0.251 e. The van der Waals surface area contributed by atoms with Crippen molar-refractivity contribution in [1.82, 2.24) is 5.32 Å². The van der Waals surface area contributed by atoms with Crippen molar-refractivity contribution >= 4 is 5.91 Å². The number of carbonyl (C=O) groups excluding carboxylic acids is 1. The van der Waals surface area contributed by atoms with Gasteiger partial charge in [0.25, 0.3) is 5.91 Å². The summed E-state index contributed by atoms with van der Waals surface area (Å²) >= 11 is 0. The van der Waals surface area contributed by atoms with Gasteiger partial charge in [0.15, 0.2) is 0 Å². The molecule has 3 N–H and O–H groups in total. The van der Waals surface area contributed by atoms with Crippen LogP contribution in [0.15, 0.2) is 24.3 Å². The first-order valence-corrected chi connectivity index (χ1v) is 7.78. The second kappa shape index (κ2) is 9.54. The Morgan fingerprint density at radius 2 is 2.15 bits per heavy atom. The van der Waals surface area contributed by atoms with E-state index in [9.17, 15) is 4.79 Å². The highest BCUT2D eigenvalue weighted by atomic mass is 16.1. The predicted octanol–water partition coefficient (Wildman–Crippen LogP) is 3.13. The van der Waals surface area contributed by atoms with Crippen molar-refractivity contribution in [3.8, 4) is 0 Å². The smallest absolute Gasteiger partial charge is 0.251 e. The molecular formula is C17H28N2O. The summed E-state index contributed by atoms with van der Waals surface area (Å²) in [4.78, 5) is 12.2. The Hall–Kier alpha value is -1.35. The Morgan fingerprint density at radius 3 is 2.80 bits per heavy atom. The summed E-state index contributed by atoms with van der Waals surface area (Å²) in [6.45, 7) is 5.78. The predicted molar refractivity (Wildman–Crippen MR) is 84.8 cm³/mol. The fourth-order valence-electron chi connectivity index (χ4n) is 2.32. The van der Waals surface area contributed by atoms with E-state index in [-0.39, 0.29) is 5.91 Å². The first-order chi connectivity index (χ1) is 9.71. The van der Waals surface area contributed by atoms with Crippen LogP contribution in [-0.2, 0) is 6.42 Å². The number of amides is 1. The molecule has 1 aromatic carbocycles. The summed E-state index contributed by atoms with van der Waals surface area (Å²) in [6, 6.07) is 7.74. The molecule has 0 aliphatic carbocycles. The molecule has 0 radical (unpaired) electrons. The summed E-state index contributed by atoms with van der Waals surface area (Å²) in [5, 5.41) is 3.06. The Bertz CT molecular complexity index is 404. The molecule has 0 aromatic heterocycles. The van der Waals surface area contributed by atoms with Crippen molar-refractivity contribution in [2.24, 2.45) is 11.7 Å². The van der Waals surface area contributed by atoms with Crippen molar-refractivity contribution < 1.29 is 4.79 Å². The number of carbonyl (C=O) groups is 1. The van der Waals surface area contributed by atoms with Gasteiger partial charge in [-0.2, -0.15) is 0 Å². The minimum absolute atomic E-state index is 0.0267. The van der Waals surface area contributed by atoms with Gasteiger partial charge in [-0.3, -0.25) is 4.79 Å². The minimum atomic E-state index is 0.0267. The Morgan fingerprint density at radius 1 is 1.35 bits per heavy atom. The standard InChI is InChI=1S/C17H28N2O/c1-3-5-7-14(4-2)13-19-17(20)16-9-6-8-15(12-16)10-11-18/h6,8-9,12,14H,3-5,7,10-11,13,18H2,1-2H3,(H,19,20). The third kappa shape index (κ3) is 5.74. The van der Waals surface area contributed by atoms with Gasteiger partial charge in [-0.1, -0.05) is 45.2 Å². The molecule has 0 aliphatic rings. The number of unbranched alkanes of at least 4 members (excludes halogenated alkanes) is 1. The highest BCUT2D eigenvalue weighted by molar-refractivity contribution is 5.94. The van der Waals surface area contributed by atoms with E-state index in [1.54, 1.807) is 0 Å². The third-order valence-corrected chi connectivity index (χ3v) is 3.72. The molecule has 0 bridgehead atoms. The van der Waals surface area contributed by atoms with Crippen LogP contribution in [0.2, 0.25) is 0 Å².